The van der Waals surface area contributed by atoms with E-state index in [0.29, 0.717) is 21.9 Å². The second kappa shape index (κ2) is 11.2. The molecule has 2 heterocycles. The highest BCUT2D eigenvalue weighted by Crippen LogP contribution is 2.27. The van der Waals surface area contributed by atoms with Crippen LogP contribution in [0.5, 0.6) is 0 Å². The van der Waals surface area contributed by atoms with Crippen molar-refractivity contribution in [3.8, 4) is 0 Å². The monoisotopic (exact) mass is 517 g/mol. The average molecular weight is 518 g/mol. The molecular formula is C24H25F2N5O4S. The number of halogens is 2. The van der Waals surface area contributed by atoms with E-state index in [0.717, 1.165) is 17.1 Å². The van der Waals surface area contributed by atoms with Gasteiger partial charge in [0, 0.05) is 23.8 Å². The number of anilines is 2. The minimum atomic E-state index is -3.91. The fraction of sp³-hybridized carbons (Fsp3) is 0.292. The summed E-state index contributed by atoms with van der Waals surface area (Å²) in [5.41, 5.74) is 2.17. The maximum atomic E-state index is 13.5. The lowest BCUT2D eigenvalue weighted by Gasteiger charge is -2.23. The fourth-order valence-electron chi connectivity index (χ4n) is 3.20. The Morgan fingerprint density at radius 1 is 1.17 bits per heavy atom. The second-order valence-corrected chi connectivity index (χ2v) is 9.05. The SMILES string of the molecule is Cc1ccccc1NC(=O)Nc1ccc(CC(=O)N(C)C(C)c2cc(CC(F)(F)C(=O)O)ns2)cn1. The Labute approximate surface area is 210 Å². The van der Waals surface area contributed by atoms with Crippen LogP contribution in [0.3, 0.4) is 0 Å². The minimum Gasteiger partial charge on any atom is -0.477 e. The smallest absolute Gasteiger partial charge is 0.374 e. The molecule has 1 aromatic carbocycles. The highest BCUT2D eigenvalue weighted by molar-refractivity contribution is 7.05. The largest absolute Gasteiger partial charge is 0.477 e. The summed E-state index contributed by atoms with van der Waals surface area (Å²) in [5, 5.41) is 14.0. The Bertz CT molecular complexity index is 1250. The molecule has 0 aliphatic carbocycles. The summed E-state index contributed by atoms with van der Waals surface area (Å²) in [7, 11) is 1.58. The molecule has 9 nitrogen and oxygen atoms in total. The van der Waals surface area contributed by atoms with E-state index in [1.807, 2.05) is 25.1 Å². The summed E-state index contributed by atoms with van der Waals surface area (Å²) in [4.78, 5) is 41.8. The normalized spacial score (nSPS) is 12.0. The van der Waals surface area contributed by atoms with Gasteiger partial charge in [0.15, 0.2) is 0 Å². The Morgan fingerprint density at radius 2 is 1.89 bits per heavy atom. The van der Waals surface area contributed by atoms with Crippen LogP contribution < -0.4 is 10.6 Å². The number of benzene rings is 1. The molecule has 0 spiro atoms. The number of aryl methyl sites for hydroxylation is 1. The molecule has 1 unspecified atom stereocenters. The van der Waals surface area contributed by atoms with Crippen LogP contribution in [0.1, 0.15) is 34.7 Å². The predicted octanol–water partition coefficient (Wildman–Crippen LogP) is 4.52. The first-order valence-corrected chi connectivity index (χ1v) is 11.6. The molecule has 2 aromatic heterocycles. The summed E-state index contributed by atoms with van der Waals surface area (Å²) in [6.45, 7) is 3.60. The molecule has 0 radical (unpaired) electrons. The van der Waals surface area contributed by atoms with E-state index in [1.165, 1.54) is 17.2 Å². The molecule has 0 aliphatic rings. The molecule has 3 rings (SSSR count). The van der Waals surface area contributed by atoms with Gasteiger partial charge in [-0.25, -0.2) is 14.6 Å². The van der Waals surface area contributed by atoms with Crippen molar-refractivity contribution in [3.05, 3.63) is 70.4 Å². The van der Waals surface area contributed by atoms with E-state index in [-0.39, 0.29) is 18.0 Å². The third-order valence-electron chi connectivity index (χ3n) is 5.49. The third kappa shape index (κ3) is 6.81. The molecule has 12 heteroatoms. The van der Waals surface area contributed by atoms with Crippen molar-refractivity contribution in [1.29, 1.82) is 0 Å². The van der Waals surface area contributed by atoms with Crippen molar-refractivity contribution in [2.75, 3.05) is 17.7 Å². The number of nitrogens with one attached hydrogen (secondary N) is 2. The number of alkyl halides is 2. The number of likely N-dealkylation sites (N-methyl/N-ethyl adjacent to an activating group) is 1. The van der Waals surface area contributed by atoms with E-state index in [4.69, 9.17) is 5.11 Å². The number of hydrogen-bond acceptors (Lipinski definition) is 6. The molecule has 1 atom stereocenters. The molecule has 36 heavy (non-hydrogen) atoms. The Kier molecular flexibility index (Phi) is 8.30. The van der Waals surface area contributed by atoms with Crippen LogP contribution in [0.15, 0.2) is 48.7 Å². The van der Waals surface area contributed by atoms with Gasteiger partial charge in [0.05, 0.1) is 24.6 Å². The molecule has 190 valence electrons. The summed E-state index contributed by atoms with van der Waals surface area (Å²) in [5.74, 6) is -6.05. The second-order valence-electron chi connectivity index (χ2n) is 8.21. The van der Waals surface area contributed by atoms with Gasteiger partial charge in [-0.3, -0.25) is 10.1 Å². The highest BCUT2D eigenvalue weighted by atomic mass is 32.1. The minimum absolute atomic E-state index is 0.0340. The van der Waals surface area contributed by atoms with Gasteiger partial charge < -0.3 is 15.3 Å². The number of para-hydroxylation sites is 1. The lowest BCUT2D eigenvalue weighted by molar-refractivity contribution is -0.164. The summed E-state index contributed by atoms with van der Waals surface area (Å²) in [6, 6.07) is 11.1. The number of nitrogens with zero attached hydrogens (tertiary/aromatic N) is 3. The molecule has 3 aromatic rings. The number of pyridine rings is 1. The van der Waals surface area contributed by atoms with Gasteiger partial charge in [0.25, 0.3) is 0 Å². The van der Waals surface area contributed by atoms with E-state index in [9.17, 15) is 23.2 Å². The van der Waals surface area contributed by atoms with Crippen molar-refractivity contribution in [2.24, 2.45) is 0 Å². The number of aliphatic carboxylic acids is 1. The van der Waals surface area contributed by atoms with Gasteiger partial charge in [-0.2, -0.15) is 13.2 Å². The van der Waals surface area contributed by atoms with Crippen LogP contribution in [0.2, 0.25) is 0 Å². The van der Waals surface area contributed by atoms with Crippen LogP contribution in [0.4, 0.5) is 25.1 Å². The lowest BCUT2D eigenvalue weighted by atomic mass is 10.1. The zero-order valence-corrected chi connectivity index (χ0v) is 20.6. The number of carboxylic acid groups (broad SMARTS) is 1. The standard InChI is InChI=1S/C24H25F2N5O4S/c1-14-6-4-5-7-18(14)28-23(35)29-20-9-8-16(13-27-20)10-21(32)31(3)15(2)19-11-17(30-36-19)12-24(25,26)22(33)34/h4-9,11,13,15H,10,12H2,1-3H3,(H,33,34)(H2,27,28,29,35). The highest BCUT2D eigenvalue weighted by Gasteiger charge is 2.39. The van der Waals surface area contributed by atoms with Gasteiger partial charge in [0.2, 0.25) is 5.91 Å². The van der Waals surface area contributed by atoms with E-state index >= 15 is 0 Å². The molecule has 0 saturated heterocycles. The molecule has 3 amide bonds. The molecule has 0 fully saturated rings. The number of carboxylic acids is 1. The Balaban J connectivity index is 1.55. The van der Waals surface area contributed by atoms with Crippen LogP contribution in [0.25, 0.3) is 0 Å². The third-order valence-corrected chi connectivity index (χ3v) is 6.49. The van der Waals surface area contributed by atoms with Gasteiger partial charge in [-0.15, -0.1) is 0 Å². The number of hydrogen-bond donors (Lipinski definition) is 3. The zero-order chi connectivity index (χ0) is 26.5. The van der Waals surface area contributed by atoms with E-state index in [1.54, 1.807) is 32.2 Å². The van der Waals surface area contributed by atoms with Gasteiger partial charge in [-0.1, -0.05) is 24.3 Å². The predicted molar refractivity (Wildman–Crippen MR) is 131 cm³/mol. The Morgan fingerprint density at radius 3 is 2.53 bits per heavy atom. The number of carbonyl (C=O) groups is 3. The van der Waals surface area contributed by atoms with Crippen LogP contribution in [-0.4, -0.2) is 50.2 Å². The summed E-state index contributed by atoms with van der Waals surface area (Å²) < 4.78 is 30.8. The maximum Gasteiger partial charge on any atom is 0.374 e. The lowest BCUT2D eigenvalue weighted by Crippen LogP contribution is -2.31. The molecule has 3 N–H and O–H groups in total. The quantitative estimate of drug-likeness (QED) is 0.384. The van der Waals surface area contributed by atoms with Crippen molar-refractivity contribution >= 4 is 40.9 Å². The molecular weight excluding hydrogens is 492 g/mol. The van der Waals surface area contributed by atoms with Gasteiger partial charge >= 0.3 is 17.9 Å². The summed E-state index contributed by atoms with van der Waals surface area (Å²) in [6.07, 6.45) is 0.503. The topological polar surface area (TPSA) is 125 Å². The van der Waals surface area contributed by atoms with Crippen molar-refractivity contribution < 1.29 is 28.3 Å². The van der Waals surface area contributed by atoms with Crippen LogP contribution >= 0.6 is 11.5 Å². The molecule has 0 bridgehead atoms. The Hall–Kier alpha value is -3.93. The number of amides is 3. The van der Waals surface area contributed by atoms with Crippen LogP contribution in [0, 0.1) is 6.92 Å². The number of carbonyl (C=O) groups excluding carboxylic acids is 2. The first-order chi connectivity index (χ1) is 17.0. The zero-order valence-electron chi connectivity index (χ0n) is 19.8. The van der Waals surface area contributed by atoms with Gasteiger partial charge in [0.1, 0.15) is 5.82 Å². The average Bonchev–Trinajstić information content (AvgIpc) is 3.28. The number of urea groups is 1. The van der Waals surface area contributed by atoms with Crippen molar-refractivity contribution in [3.63, 3.8) is 0 Å². The van der Waals surface area contributed by atoms with Crippen molar-refractivity contribution in [2.45, 2.75) is 38.7 Å². The first kappa shape index (κ1) is 26.7. The number of aromatic nitrogens is 2. The molecule has 0 saturated carbocycles. The first-order valence-electron chi connectivity index (χ1n) is 10.9. The van der Waals surface area contributed by atoms with E-state index < -0.39 is 30.4 Å². The number of rotatable bonds is 9. The maximum absolute atomic E-state index is 13.5. The van der Waals surface area contributed by atoms with E-state index in [2.05, 4.69) is 20.0 Å². The fourth-order valence-corrected chi connectivity index (χ4v) is 4.04. The summed E-state index contributed by atoms with van der Waals surface area (Å²) >= 11 is 0.942. The van der Waals surface area contributed by atoms with Crippen LogP contribution in [-0.2, 0) is 22.4 Å². The molecule has 0 aliphatic heterocycles. The van der Waals surface area contributed by atoms with Gasteiger partial charge in [-0.05, 0) is 54.7 Å². The van der Waals surface area contributed by atoms with Crippen molar-refractivity contribution in [1.82, 2.24) is 14.3 Å².